The van der Waals surface area contributed by atoms with Crippen LogP contribution in [0.4, 0.5) is 5.69 Å². The zero-order chi connectivity index (χ0) is 17.8. The number of hydrogen-bond donors (Lipinski definition) is 1. The second-order valence-electron chi connectivity index (χ2n) is 7.18. The second-order valence-corrected chi connectivity index (χ2v) is 7.18. The predicted octanol–water partition coefficient (Wildman–Crippen LogP) is 2.47. The molecule has 1 amide bonds. The standard InChI is InChI=1S/C21H26N4O/c26-21(17-8-9-17)23-16-20(18-5-4-10-22-15-18)25-13-11-24(12-14-25)19-6-2-1-3-7-19/h1-7,10,15,17,20H,8-9,11-14,16H2,(H,23,26). The van der Waals surface area contributed by atoms with Crippen molar-refractivity contribution in [3.8, 4) is 0 Å². The van der Waals surface area contributed by atoms with Gasteiger partial charge in [-0.25, -0.2) is 0 Å². The third kappa shape index (κ3) is 4.05. The van der Waals surface area contributed by atoms with Crippen molar-refractivity contribution in [2.45, 2.75) is 18.9 Å². The highest BCUT2D eigenvalue weighted by Gasteiger charge is 2.31. The lowest BCUT2D eigenvalue weighted by Crippen LogP contribution is -2.50. The fraction of sp³-hybridized carbons (Fsp3) is 0.429. The summed E-state index contributed by atoms with van der Waals surface area (Å²) in [6.07, 6.45) is 5.81. The second kappa shape index (κ2) is 7.87. The van der Waals surface area contributed by atoms with Gasteiger partial charge in [0.25, 0.3) is 0 Å². The maximum atomic E-state index is 12.1. The highest BCUT2D eigenvalue weighted by atomic mass is 16.2. The Balaban J connectivity index is 1.41. The summed E-state index contributed by atoms with van der Waals surface area (Å²) >= 11 is 0. The molecule has 0 bridgehead atoms. The van der Waals surface area contributed by atoms with Crippen molar-refractivity contribution in [3.63, 3.8) is 0 Å². The molecule has 1 aliphatic heterocycles. The molecule has 1 aromatic carbocycles. The first-order valence-corrected chi connectivity index (χ1v) is 9.53. The fourth-order valence-corrected chi connectivity index (χ4v) is 3.65. The smallest absolute Gasteiger partial charge is 0.223 e. The molecule has 26 heavy (non-hydrogen) atoms. The molecular weight excluding hydrogens is 324 g/mol. The van der Waals surface area contributed by atoms with E-state index in [1.54, 1.807) is 6.20 Å². The summed E-state index contributed by atoms with van der Waals surface area (Å²) in [6.45, 7) is 4.61. The molecular formula is C21H26N4O. The number of carbonyl (C=O) groups is 1. The van der Waals surface area contributed by atoms with Gasteiger partial charge in [0, 0.05) is 56.7 Å². The number of rotatable bonds is 6. The molecule has 1 atom stereocenters. The average Bonchev–Trinajstić information content (AvgIpc) is 3.55. The van der Waals surface area contributed by atoms with Crippen molar-refractivity contribution in [2.24, 2.45) is 5.92 Å². The van der Waals surface area contributed by atoms with E-state index in [0.29, 0.717) is 6.54 Å². The van der Waals surface area contributed by atoms with Gasteiger partial charge in [-0.2, -0.15) is 0 Å². The molecule has 1 saturated carbocycles. The Morgan fingerprint density at radius 3 is 2.50 bits per heavy atom. The Hall–Kier alpha value is -2.40. The van der Waals surface area contributed by atoms with Crippen LogP contribution in [0, 0.1) is 5.92 Å². The predicted molar refractivity (Wildman–Crippen MR) is 103 cm³/mol. The van der Waals surface area contributed by atoms with Crippen LogP contribution in [0.2, 0.25) is 0 Å². The molecule has 136 valence electrons. The Kier molecular flexibility index (Phi) is 5.16. The summed E-state index contributed by atoms with van der Waals surface area (Å²) in [4.78, 5) is 21.3. The van der Waals surface area contributed by atoms with E-state index in [-0.39, 0.29) is 17.9 Å². The number of pyridine rings is 1. The van der Waals surface area contributed by atoms with Crippen LogP contribution in [-0.4, -0.2) is 48.5 Å². The molecule has 0 spiro atoms. The third-order valence-electron chi connectivity index (χ3n) is 5.36. The number of nitrogens with zero attached hydrogens (tertiary/aromatic N) is 3. The monoisotopic (exact) mass is 350 g/mol. The number of nitrogens with one attached hydrogen (secondary N) is 1. The largest absolute Gasteiger partial charge is 0.369 e. The normalized spacial score (nSPS) is 19.2. The molecule has 5 nitrogen and oxygen atoms in total. The molecule has 2 aromatic rings. The Morgan fingerprint density at radius 2 is 1.85 bits per heavy atom. The minimum Gasteiger partial charge on any atom is -0.369 e. The maximum absolute atomic E-state index is 12.1. The quantitative estimate of drug-likeness (QED) is 0.869. The topological polar surface area (TPSA) is 48.5 Å². The van der Waals surface area contributed by atoms with Gasteiger partial charge in [-0.3, -0.25) is 14.7 Å². The number of amides is 1. The zero-order valence-electron chi connectivity index (χ0n) is 15.1. The van der Waals surface area contributed by atoms with Gasteiger partial charge in [0.05, 0.1) is 6.04 Å². The summed E-state index contributed by atoms with van der Waals surface area (Å²) in [5, 5.41) is 3.16. The number of hydrogen-bond acceptors (Lipinski definition) is 4. The van der Waals surface area contributed by atoms with Crippen LogP contribution in [0.5, 0.6) is 0 Å². The molecule has 0 radical (unpaired) electrons. The van der Waals surface area contributed by atoms with Crippen LogP contribution < -0.4 is 10.2 Å². The number of piperazine rings is 1. The SMILES string of the molecule is O=C(NCC(c1cccnc1)N1CCN(c2ccccc2)CC1)C1CC1. The van der Waals surface area contributed by atoms with Gasteiger partial charge in [-0.15, -0.1) is 0 Å². The van der Waals surface area contributed by atoms with Crippen LogP contribution in [-0.2, 0) is 4.79 Å². The molecule has 1 N–H and O–H groups in total. The lowest BCUT2D eigenvalue weighted by molar-refractivity contribution is -0.122. The van der Waals surface area contributed by atoms with Gasteiger partial charge in [0.2, 0.25) is 5.91 Å². The summed E-state index contributed by atoms with van der Waals surface area (Å²) < 4.78 is 0. The third-order valence-corrected chi connectivity index (χ3v) is 5.36. The number of aromatic nitrogens is 1. The number of benzene rings is 1. The fourth-order valence-electron chi connectivity index (χ4n) is 3.65. The number of para-hydroxylation sites is 1. The maximum Gasteiger partial charge on any atom is 0.223 e. The minimum atomic E-state index is 0.185. The van der Waals surface area contributed by atoms with Gasteiger partial charge in [0.1, 0.15) is 0 Å². The zero-order valence-corrected chi connectivity index (χ0v) is 15.1. The van der Waals surface area contributed by atoms with Crippen LogP contribution in [0.15, 0.2) is 54.9 Å². The minimum absolute atomic E-state index is 0.185. The molecule has 2 fully saturated rings. The van der Waals surface area contributed by atoms with Gasteiger partial charge in [0.15, 0.2) is 0 Å². The average molecular weight is 350 g/mol. The highest BCUT2D eigenvalue weighted by Crippen LogP contribution is 2.29. The number of carbonyl (C=O) groups excluding carboxylic acids is 1. The lowest BCUT2D eigenvalue weighted by atomic mass is 10.1. The van der Waals surface area contributed by atoms with Crippen molar-refractivity contribution in [1.29, 1.82) is 0 Å². The van der Waals surface area contributed by atoms with Gasteiger partial charge < -0.3 is 10.2 Å². The van der Waals surface area contributed by atoms with E-state index in [4.69, 9.17) is 0 Å². The van der Waals surface area contributed by atoms with Crippen molar-refractivity contribution >= 4 is 11.6 Å². The van der Waals surface area contributed by atoms with E-state index < -0.39 is 0 Å². The van der Waals surface area contributed by atoms with E-state index in [1.165, 1.54) is 11.3 Å². The highest BCUT2D eigenvalue weighted by molar-refractivity contribution is 5.80. The molecule has 5 heteroatoms. The van der Waals surface area contributed by atoms with E-state index >= 15 is 0 Å². The molecule has 2 heterocycles. The van der Waals surface area contributed by atoms with E-state index in [0.717, 1.165) is 39.0 Å². The van der Waals surface area contributed by atoms with Crippen molar-refractivity contribution in [2.75, 3.05) is 37.6 Å². The molecule has 1 saturated heterocycles. The summed E-state index contributed by atoms with van der Waals surface area (Å²) in [5.41, 5.74) is 2.46. The molecule has 1 unspecified atom stereocenters. The van der Waals surface area contributed by atoms with Crippen LogP contribution in [0.1, 0.15) is 24.4 Å². The van der Waals surface area contributed by atoms with E-state index in [1.807, 2.05) is 12.3 Å². The molecule has 2 aliphatic rings. The van der Waals surface area contributed by atoms with Crippen LogP contribution >= 0.6 is 0 Å². The van der Waals surface area contributed by atoms with Gasteiger partial charge in [-0.1, -0.05) is 24.3 Å². The van der Waals surface area contributed by atoms with E-state index in [2.05, 4.69) is 56.5 Å². The molecule has 4 rings (SSSR count). The first-order valence-electron chi connectivity index (χ1n) is 9.53. The van der Waals surface area contributed by atoms with Gasteiger partial charge >= 0.3 is 0 Å². The van der Waals surface area contributed by atoms with Crippen LogP contribution in [0.25, 0.3) is 0 Å². The first kappa shape index (κ1) is 17.0. The lowest BCUT2D eigenvalue weighted by Gasteiger charge is -2.40. The Morgan fingerprint density at radius 1 is 1.08 bits per heavy atom. The van der Waals surface area contributed by atoms with Crippen molar-refractivity contribution in [3.05, 3.63) is 60.4 Å². The van der Waals surface area contributed by atoms with Crippen molar-refractivity contribution < 1.29 is 4.79 Å². The number of anilines is 1. The Labute approximate surface area is 155 Å². The summed E-state index contributed by atoms with van der Waals surface area (Å²) in [5.74, 6) is 0.460. The summed E-state index contributed by atoms with van der Waals surface area (Å²) in [7, 11) is 0. The van der Waals surface area contributed by atoms with Crippen molar-refractivity contribution in [1.82, 2.24) is 15.2 Å². The molecule has 1 aromatic heterocycles. The van der Waals surface area contributed by atoms with E-state index in [9.17, 15) is 4.79 Å². The van der Waals surface area contributed by atoms with Crippen LogP contribution in [0.3, 0.4) is 0 Å². The first-order chi connectivity index (χ1) is 12.8. The van der Waals surface area contributed by atoms with Gasteiger partial charge in [-0.05, 0) is 36.6 Å². The molecule has 1 aliphatic carbocycles. The summed E-state index contributed by atoms with van der Waals surface area (Å²) in [6, 6.07) is 14.9. The Bertz CT molecular complexity index is 709.